The molecule has 1 heterocycles. The molecule has 0 radical (unpaired) electrons. The van der Waals surface area contributed by atoms with Gasteiger partial charge in [-0.2, -0.15) is 10.4 Å². The van der Waals surface area contributed by atoms with Gasteiger partial charge in [-0.05, 0) is 32.4 Å². The van der Waals surface area contributed by atoms with E-state index in [0.717, 1.165) is 38.2 Å². The van der Waals surface area contributed by atoms with E-state index in [1.54, 1.807) is 0 Å². The normalized spacial score (nSPS) is 10.8. The van der Waals surface area contributed by atoms with Gasteiger partial charge in [-0.3, -0.25) is 9.58 Å². The Labute approximate surface area is 104 Å². The second kappa shape index (κ2) is 7.08. The third kappa shape index (κ3) is 3.86. The summed E-state index contributed by atoms with van der Waals surface area (Å²) in [6.45, 7) is 9.52. The van der Waals surface area contributed by atoms with Gasteiger partial charge in [0.15, 0.2) is 0 Å². The van der Waals surface area contributed by atoms with Crippen molar-refractivity contribution in [2.45, 2.75) is 46.7 Å². The monoisotopic (exact) mass is 234 g/mol. The fraction of sp³-hybridized carbons (Fsp3) is 0.692. The summed E-state index contributed by atoms with van der Waals surface area (Å²) in [5, 5.41) is 13.3. The van der Waals surface area contributed by atoms with E-state index in [2.05, 4.69) is 42.9 Å². The van der Waals surface area contributed by atoms with E-state index < -0.39 is 0 Å². The van der Waals surface area contributed by atoms with Crippen molar-refractivity contribution in [2.75, 3.05) is 13.1 Å². The maximum Gasteiger partial charge on any atom is 0.0869 e. The van der Waals surface area contributed by atoms with Gasteiger partial charge in [0.25, 0.3) is 0 Å². The van der Waals surface area contributed by atoms with Gasteiger partial charge < -0.3 is 0 Å². The van der Waals surface area contributed by atoms with Crippen LogP contribution in [0.15, 0.2) is 6.07 Å². The van der Waals surface area contributed by atoms with Crippen molar-refractivity contribution in [2.24, 2.45) is 0 Å². The van der Waals surface area contributed by atoms with Gasteiger partial charge in [0.1, 0.15) is 0 Å². The highest BCUT2D eigenvalue weighted by atomic mass is 15.3. The zero-order valence-corrected chi connectivity index (χ0v) is 11.1. The summed E-state index contributed by atoms with van der Waals surface area (Å²) in [6.07, 6.45) is 2.04. The van der Waals surface area contributed by atoms with Crippen LogP contribution in [-0.4, -0.2) is 27.8 Å². The Hall–Kier alpha value is -1.34. The lowest BCUT2D eigenvalue weighted by molar-refractivity contribution is 0.288. The molecule has 94 valence electrons. The smallest absolute Gasteiger partial charge is 0.0869 e. The van der Waals surface area contributed by atoms with E-state index in [4.69, 9.17) is 5.26 Å². The Balaban J connectivity index is 2.76. The fourth-order valence-corrected chi connectivity index (χ4v) is 1.95. The van der Waals surface area contributed by atoms with Crippen molar-refractivity contribution in [3.05, 3.63) is 17.5 Å². The van der Waals surface area contributed by atoms with Crippen molar-refractivity contribution in [1.29, 1.82) is 5.26 Å². The minimum atomic E-state index is 0.490. The average Bonchev–Trinajstić information content (AvgIpc) is 2.72. The van der Waals surface area contributed by atoms with Crippen LogP contribution in [0.3, 0.4) is 0 Å². The molecule has 0 unspecified atom stereocenters. The maximum atomic E-state index is 8.81. The van der Waals surface area contributed by atoms with Gasteiger partial charge >= 0.3 is 0 Å². The molecule has 1 rings (SSSR count). The molecule has 1 aromatic heterocycles. The fourth-order valence-electron chi connectivity index (χ4n) is 1.95. The molecule has 0 fully saturated rings. The lowest BCUT2D eigenvalue weighted by Gasteiger charge is -2.18. The van der Waals surface area contributed by atoms with E-state index in [0.29, 0.717) is 6.54 Å². The van der Waals surface area contributed by atoms with Gasteiger partial charge in [-0.1, -0.05) is 13.8 Å². The third-order valence-electron chi connectivity index (χ3n) is 2.80. The topological polar surface area (TPSA) is 44.9 Å². The maximum absolute atomic E-state index is 8.81. The predicted molar refractivity (Wildman–Crippen MR) is 68.5 cm³/mol. The highest BCUT2D eigenvalue weighted by Gasteiger charge is 2.10. The molecular weight excluding hydrogens is 212 g/mol. The minimum absolute atomic E-state index is 0.490. The van der Waals surface area contributed by atoms with E-state index in [-0.39, 0.29) is 0 Å². The molecule has 0 aliphatic heterocycles. The minimum Gasteiger partial charge on any atom is -0.285 e. The first kappa shape index (κ1) is 13.7. The van der Waals surface area contributed by atoms with Gasteiger partial charge in [0.2, 0.25) is 0 Å². The lowest BCUT2D eigenvalue weighted by Crippen LogP contribution is -2.25. The number of hydrogen-bond donors (Lipinski definition) is 0. The van der Waals surface area contributed by atoms with Crippen LogP contribution in [0.25, 0.3) is 0 Å². The van der Waals surface area contributed by atoms with Crippen molar-refractivity contribution in [1.82, 2.24) is 14.7 Å². The number of rotatable bonds is 7. The van der Waals surface area contributed by atoms with Gasteiger partial charge in [0, 0.05) is 13.1 Å². The zero-order valence-electron chi connectivity index (χ0n) is 11.1. The largest absolute Gasteiger partial charge is 0.285 e. The van der Waals surface area contributed by atoms with Crippen molar-refractivity contribution in [3.8, 4) is 6.07 Å². The van der Waals surface area contributed by atoms with Gasteiger partial charge in [-0.25, -0.2) is 0 Å². The summed E-state index contributed by atoms with van der Waals surface area (Å²) in [5.41, 5.74) is 2.35. The Morgan fingerprint density at radius 2 is 2.18 bits per heavy atom. The van der Waals surface area contributed by atoms with E-state index in [1.807, 2.05) is 4.68 Å². The van der Waals surface area contributed by atoms with E-state index in [1.165, 1.54) is 5.69 Å². The van der Waals surface area contributed by atoms with Crippen LogP contribution in [0, 0.1) is 11.3 Å². The Morgan fingerprint density at radius 3 is 2.71 bits per heavy atom. The first-order valence-electron chi connectivity index (χ1n) is 6.40. The molecular formula is C13H22N4. The molecule has 0 atom stereocenters. The van der Waals surface area contributed by atoms with Crippen LogP contribution >= 0.6 is 0 Å². The van der Waals surface area contributed by atoms with Crippen LogP contribution in [0.5, 0.6) is 0 Å². The second-order valence-corrected chi connectivity index (χ2v) is 4.17. The quantitative estimate of drug-likeness (QED) is 0.679. The number of hydrogen-bond acceptors (Lipinski definition) is 3. The molecule has 4 heteroatoms. The van der Waals surface area contributed by atoms with Crippen molar-refractivity contribution in [3.63, 3.8) is 0 Å². The molecule has 0 N–H and O–H groups in total. The summed E-state index contributed by atoms with van der Waals surface area (Å²) < 4.78 is 2.04. The Bertz CT molecular complexity index is 375. The summed E-state index contributed by atoms with van der Waals surface area (Å²) >= 11 is 0. The summed E-state index contributed by atoms with van der Waals surface area (Å²) in [5.74, 6) is 0. The first-order valence-corrected chi connectivity index (χ1v) is 6.40. The number of nitrogens with zero attached hydrogens (tertiary/aromatic N) is 4. The molecule has 4 nitrogen and oxygen atoms in total. The molecule has 0 amide bonds. The molecule has 0 aliphatic rings. The first-order chi connectivity index (χ1) is 8.24. The second-order valence-electron chi connectivity index (χ2n) is 4.17. The molecule has 17 heavy (non-hydrogen) atoms. The molecule has 0 aromatic carbocycles. The number of nitriles is 1. The Kier molecular flexibility index (Phi) is 5.71. The van der Waals surface area contributed by atoms with Crippen LogP contribution in [0.1, 0.15) is 38.6 Å². The average molecular weight is 234 g/mol. The molecule has 0 saturated heterocycles. The van der Waals surface area contributed by atoms with Crippen LogP contribution < -0.4 is 0 Å². The standard InChI is InChI=1S/C13H22N4/c1-4-8-16(9-7-14)11-13-10-12(5-2)15-17(13)6-3/h10H,4-6,8-9,11H2,1-3H3. The molecule has 0 saturated carbocycles. The van der Waals surface area contributed by atoms with Crippen molar-refractivity contribution >= 4 is 0 Å². The SMILES string of the molecule is CCCN(CC#N)Cc1cc(CC)nn1CC. The van der Waals surface area contributed by atoms with Gasteiger partial charge in [-0.15, -0.1) is 0 Å². The van der Waals surface area contributed by atoms with Gasteiger partial charge in [0.05, 0.1) is 24.0 Å². The van der Waals surface area contributed by atoms with E-state index in [9.17, 15) is 0 Å². The van der Waals surface area contributed by atoms with Crippen LogP contribution in [-0.2, 0) is 19.5 Å². The number of aromatic nitrogens is 2. The predicted octanol–water partition coefficient (Wildman–Crippen LogP) is 2.20. The summed E-state index contributed by atoms with van der Waals surface area (Å²) in [6, 6.07) is 4.38. The number of aryl methyl sites for hydroxylation is 2. The zero-order chi connectivity index (χ0) is 12.7. The Morgan fingerprint density at radius 1 is 1.41 bits per heavy atom. The lowest BCUT2D eigenvalue weighted by atomic mass is 10.3. The third-order valence-corrected chi connectivity index (χ3v) is 2.80. The summed E-state index contributed by atoms with van der Waals surface area (Å²) in [7, 11) is 0. The molecule has 0 bridgehead atoms. The highest BCUT2D eigenvalue weighted by Crippen LogP contribution is 2.09. The summed E-state index contributed by atoms with van der Waals surface area (Å²) in [4.78, 5) is 2.17. The van der Waals surface area contributed by atoms with Crippen LogP contribution in [0.2, 0.25) is 0 Å². The van der Waals surface area contributed by atoms with E-state index >= 15 is 0 Å². The molecule has 1 aromatic rings. The molecule has 0 spiro atoms. The van der Waals surface area contributed by atoms with Crippen LogP contribution in [0.4, 0.5) is 0 Å². The molecule has 0 aliphatic carbocycles. The highest BCUT2D eigenvalue weighted by molar-refractivity contribution is 5.10. The van der Waals surface area contributed by atoms with Crippen molar-refractivity contribution < 1.29 is 0 Å².